The molecule has 0 aromatic heterocycles. The molecule has 0 aliphatic rings. The van der Waals surface area contributed by atoms with E-state index in [0.717, 1.165) is 38.5 Å². The van der Waals surface area contributed by atoms with Gasteiger partial charge < -0.3 is 21.1 Å². The van der Waals surface area contributed by atoms with Gasteiger partial charge in [-0.3, -0.25) is 13.8 Å². The molecule has 0 bridgehead atoms. The minimum Gasteiger partial charge on any atom is -0.387 e. The van der Waals surface area contributed by atoms with Gasteiger partial charge in [-0.15, -0.1) is 0 Å². The lowest BCUT2D eigenvalue weighted by Gasteiger charge is -2.23. The second kappa shape index (κ2) is 46.7. The highest BCUT2D eigenvalue weighted by molar-refractivity contribution is 7.47. The van der Waals surface area contributed by atoms with Crippen LogP contribution in [0.25, 0.3) is 0 Å². The second-order valence-corrected chi connectivity index (χ2v) is 19.2. The number of amides is 1. The largest absolute Gasteiger partial charge is 0.472 e. The van der Waals surface area contributed by atoms with Crippen LogP contribution in [0.1, 0.15) is 271 Å². The lowest BCUT2D eigenvalue weighted by molar-refractivity contribution is -0.123. The van der Waals surface area contributed by atoms with E-state index in [1.54, 1.807) is 6.08 Å². The number of carbonyl (C=O) groups excluding carboxylic acids is 1. The minimum absolute atomic E-state index is 0.0812. The Labute approximate surface area is 366 Å². The van der Waals surface area contributed by atoms with E-state index < -0.39 is 20.0 Å². The van der Waals surface area contributed by atoms with Gasteiger partial charge in [0.05, 0.1) is 25.4 Å². The van der Waals surface area contributed by atoms with Crippen LogP contribution in [0.3, 0.4) is 0 Å². The van der Waals surface area contributed by atoms with Gasteiger partial charge in [0.1, 0.15) is 0 Å². The molecule has 8 nitrogen and oxygen atoms in total. The van der Waals surface area contributed by atoms with Crippen LogP contribution in [0.2, 0.25) is 0 Å². The number of phosphoric acid groups is 1. The molecular weight excluding hydrogens is 756 g/mol. The summed E-state index contributed by atoms with van der Waals surface area (Å²) in [6.45, 7) is 4.15. The SMILES string of the molecule is CCCCCCCCCC/C=C/[C@@H](O)[C@H](COP(=O)(O)OCCN)NC(=O)CCCCCCCCCCCCCCCCCCCCCCCCCCCCCCCC. The number of nitrogens with two attached hydrogens (primary N) is 1. The summed E-state index contributed by atoms with van der Waals surface area (Å²) in [6.07, 6.45) is 54.5. The van der Waals surface area contributed by atoms with Crippen molar-refractivity contribution in [3.63, 3.8) is 0 Å². The molecule has 0 radical (unpaired) electrons. The van der Waals surface area contributed by atoms with E-state index in [0.29, 0.717) is 6.42 Å². The first-order valence-electron chi connectivity index (χ1n) is 25.8. The van der Waals surface area contributed by atoms with Gasteiger partial charge in [-0.05, 0) is 19.3 Å². The number of aliphatic hydroxyl groups is 1. The van der Waals surface area contributed by atoms with Gasteiger partial charge in [0.15, 0.2) is 0 Å². The molecule has 0 heterocycles. The van der Waals surface area contributed by atoms with Crippen molar-refractivity contribution in [2.45, 2.75) is 283 Å². The van der Waals surface area contributed by atoms with Gasteiger partial charge in [0.2, 0.25) is 5.91 Å². The molecule has 0 aliphatic carbocycles. The predicted octanol–water partition coefficient (Wildman–Crippen LogP) is 15.1. The molecule has 0 saturated carbocycles. The Morgan fingerprint density at radius 3 is 1.20 bits per heavy atom. The lowest BCUT2D eigenvalue weighted by atomic mass is 10.0. The van der Waals surface area contributed by atoms with Crippen LogP contribution in [0.5, 0.6) is 0 Å². The number of carbonyl (C=O) groups is 1. The molecule has 0 aromatic rings. The molecule has 0 saturated heterocycles. The zero-order valence-corrected chi connectivity index (χ0v) is 40.2. The fourth-order valence-electron chi connectivity index (χ4n) is 7.96. The number of phosphoric ester groups is 1. The number of rotatable bonds is 49. The van der Waals surface area contributed by atoms with Crippen LogP contribution in [0.15, 0.2) is 12.2 Å². The summed E-state index contributed by atoms with van der Waals surface area (Å²) in [4.78, 5) is 22.7. The van der Waals surface area contributed by atoms with Crippen molar-refractivity contribution < 1.29 is 28.4 Å². The van der Waals surface area contributed by atoms with Gasteiger partial charge >= 0.3 is 7.82 Å². The molecule has 0 rings (SSSR count). The highest BCUT2D eigenvalue weighted by atomic mass is 31.2. The summed E-state index contributed by atoms with van der Waals surface area (Å²) in [5.41, 5.74) is 5.37. The Morgan fingerprint density at radius 2 is 0.864 bits per heavy atom. The van der Waals surface area contributed by atoms with Gasteiger partial charge in [0, 0.05) is 13.0 Å². The summed E-state index contributed by atoms with van der Waals surface area (Å²) in [6, 6.07) is -0.854. The second-order valence-electron chi connectivity index (χ2n) is 17.7. The molecule has 59 heavy (non-hydrogen) atoms. The molecular formula is C50H101N2O6P. The van der Waals surface area contributed by atoms with E-state index in [1.807, 2.05) is 6.08 Å². The van der Waals surface area contributed by atoms with Crippen molar-refractivity contribution in [1.82, 2.24) is 5.32 Å². The van der Waals surface area contributed by atoms with Crippen molar-refractivity contribution in [2.75, 3.05) is 19.8 Å². The third kappa shape index (κ3) is 45.1. The number of nitrogens with one attached hydrogen (secondary N) is 1. The van der Waals surface area contributed by atoms with Gasteiger partial charge in [-0.25, -0.2) is 4.57 Å². The first kappa shape index (κ1) is 58.2. The van der Waals surface area contributed by atoms with Crippen molar-refractivity contribution in [3.05, 3.63) is 12.2 Å². The van der Waals surface area contributed by atoms with Crippen LogP contribution in [0, 0.1) is 0 Å². The average Bonchev–Trinajstić information content (AvgIpc) is 3.22. The Morgan fingerprint density at radius 1 is 0.542 bits per heavy atom. The maximum Gasteiger partial charge on any atom is 0.472 e. The highest BCUT2D eigenvalue weighted by Crippen LogP contribution is 2.43. The van der Waals surface area contributed by atoms with E-state index in [1.165, 1.54) is 212 Å². The van der Waals surface area contributed by atoms with Crippen molar-refractivity contribution >= 4 is 13.7 Å². The number of hydrogen-bond acceptors (Lipinski definition) is 6. The predicted molar refractivity (Wildman–Crippen MR) is 254 cm³/mol. The van der Waals surface area contributed by atoms with Crippen LogP contribution < -0.4 is 11.1 Å². The van der Waals surface area contributed by atoms with Crippen LogP contribution in [-0.4, -0.2) is 47.8 Å². The smallest absolute Gasteiger partial charge is 0.387 e. The molecule has 1 unspecified atom stereocenters. The Kier molecular flexibility index (Phi) is 46.1. The molecule has 0 fully saturated rings. The van der Waals surface area contributed by atoms with E-state index >= 15 is 0 Å². The summed E-state index contributed by atoms with van der Waals surface area (Å²) in [5, 5.41) is 13.7. The molecule has 9 heteroatoms. The fraction of sp³-hybridized carbons (Fsp3) is 0.940. The monoisotopic (exact) mass is 857 g/mol. The molecule has 0 aliphatic heterocycles. The highest BCUT2D eigenvalue weighted by Gasteiger charge is 2.26. The van der Waals surface area contributed by atoms with E-state index in [-0.39, 0.29) is 25.7 Å². The molecule has 352 valence electrons. The van der Waals surface area contributed by atoms with Gasteiger partial charge in [-0.2, -0.15) is 0 Å². The molecule has 5 N–H and O–H groups in total. The maximum absolute atomic E-state index is 12.8. The molecule has 1 amide bonds. The summed E-state index contributed by atoms with van der Waals surface area (Å²) in [5.74, 6) is -0.190. The third-order valence-electron chi connectivity index (χ3n) is 11.9. The lowest BCUT2D eigenvalue weighted by Crippen LogP contribution is -2.45. The van der Waals surface area contributed by atoms with Gasteiger partial charge in [0.25, 0.3) is 0 Å². The topological polar surface area (TPSA) is 131 Å². The van der Waals surface area contributed by atoms with E-state index in [9.17, 15) is 19.4 Å². The molecule has 0 spiro atoms. The first-order chi connectivity index (χ1) is 28.9. The zero-order valence-electron chi connectivity index (χ0n) is 39.3. The van der Waals surface area contributed by atoms with Gasteiger partial charge in [-0.1, -0.05) is 257 Å². The van der Waals surface area contributed by atoms with Crippen LogP contribution in [0.4, 0.5) is 0 Å². The van der Waals surface area contributed by atoms with Crippen LogP contribution >= 0.6 is 7.82 Å². The average molecular weight is 857 g/mol. The zero-order chi connectivity index (χ0) is 43.2. The molecule has 0 aromatic carbocycles. The van der Waals surface area contributed by atoms with Crippen LogP contribution in [-0.2, 0) is 18.4 Å². The number of unbranched alkanes of at least 4 members (excludes halogenated alkanes) is 37. The summed E-state index contributed by atoms with van der Waals surface area (Å²) >= 11 is 0. The number of aliphatic hydroxyl groups excluding tert-OH is 1. The summed E-state index contributed by atoms with van der Waals surface area (Å²) in [7, 11) is -4.33. The molecule has 3 atom stereocenters. The quantitative estimate of drug-likeness (QED) is 0.0272. The first-order valence-corrected chi connectivity index (χ1v) is 27.3. The Hall–Kier alpha value is -0.760. The Balaban J connectivity index is 3.81. The fourth-order valence-corrected chi connectivity index (χ4v) is 8.72. The van der Waals surface area contributed by atoms with E-state index in [4.69, 9.17) is 14.8 Å². The maximum atomic E-state index is 12.8. The normalized spacial score (nSPS) is 13.9. The standard InChI is InChI=1S/C50H101N2O6P/c1-3-5-7-9-11-13-15-16-17-18-19-20-21-22-23-24-25-26-27-28-29-30-31-32-33-34-36-38-40-42-44-50(54)52-48(47-58-59(55,56)57-46-45-51)49(53)43-41-39-37-35-14-12-10-8-6-4-2/h41,43,48-49,53H,3-40,42,44-47,51H2,1-2H3,(H,52,54)(H,55,56)/b43-41+/t48-,49+/m0/s1. The number of allylic oxidation sites excluding steroid dienone is 1. The minimum atomic E-state index is -4.33. The van der Waals surface area contributed by atoms with Crippen molar-refractivity contribution in [2.24, 2.45) is 5.73 Å². The third-order valence-corrected chi connectivity index (χ3v) is 12.8. The number of hydrogen-bond donors (Lipinski definition) is 4. The van der Waals surface area contributed by atoms with Crippen molar-refractivity contribution in [3.8, 4) is 0 Å². The summed E-state index contributed by atoms with van der Waals surface area (Å²) < 4.78 is 22.1. The van der Waals surface area contributed by atoms with Crippen molar-refractivity contribution in [1.29, 1.82) is 0 Å². The van der Waals surface area contributed by atoms with E-state index in [2.05, 4.69) is 19.2 Å². The Bertz CT molecular complexity index is 937.